The number of carbonyl (C=O) groups is 1. The molecule has 1 amide bonds. The molecular formula is C19H19FN4O2. The smallest absolute Gasteiger partial charge is 0.274 e. The van der Waals surface area contributed by atoms with Gasteiger partial charge in [-0.1, -0.05) is 6.07 Å². The van der Waals surface area contributed by atoms with Crippen molar-refractivity contribution in [3.05, 3.63) is 53.9 Å². The van der Waals surface area contributed by atoms with Gasteiger partial charge in [-0.2, -0.15) is 4.98 Å². The van der Waals surface area contributed by atoms with Crippen LogP contribution in [0.3, 0.4) is 0 Å². The zero-order valence-corrected chi connectivity index (χ0v) is 14.6. The van der Waals surface area contributed by atoms with Gasteiger partial charge in [0.2, 0.25) is 5.88 Å². The number of rotatable bonds is 5. The minimum Gasteiger partial charge on any atom is -0.439 e. The lowest BCUT2D eigenvalue weighted by atomic mass is 10.2. The maximum absolute atomic E-state index is 13.3. The summed E-state index contributed by atoms with van der Waals surface area (Å²) in [5, 5.41) is 2.99. The molecule has 1 aromatic carbocycles. The van der Waals surface area contributed by atoms with Crippen LogP contribution in [0.4, 0.5) is 4.39 Å². The van der Waals surface area contributed by atoms with E-state index >= 15 is 0 Å². The second kappa shape index (κ2) is 6.40. The number of hydrogen-bond acceptors (Lipinski definition) is 4. The molecule has 3 aromatic rings. The maximum atomic E-state index is 13.3. The molecule has 2 heterocycles. The van der Waals surface area contributed by atoms with Crippen molar-refractivity contribution in [1.29, 1.82) is 0 Å². The van der Waals surface area contributed by atoms with Crippen molar-refractivity contribution >= 4 is 11.6 Å². The number of aromatic nitrogens is 3. The Kier molecular flexibility index (Phi) is 4.06. The lowest BCUT2D eigenvalue weighted by Gasteiger charge is -2.12. The van der Waals surface area contributed by atoms with Crippen LogP contribution < -0.4 is 10.1 Å². The predicted molar refractivity (Wildman–Crippen MR) is 93.9 cm³/mol. The number of amides is 1. The fourth-order valence-corrected chi connectivity index (χ4v) is 2.94. The molecule has 4 rings (SSSR count). The molecule has 1 unspecified atom stereocenters. The molecular weight excluding hydrogens is 335 g/mol. The molecule has 1 fully saturated rings. The van der Waals surface area contributed by atoms with Crippen molar-refractivity contribution in [2.75, 3.05) is 0 Å². The normalized spacial score (nSPS) is 15.0. The van der Waals surface area contributed by atoms with E-state index in [4.69, 9.17) is 4.74 Å². The molecule has 2 aromatic heterocycles. The Bertz CT molecular complexity index is 981. The van der Waals surface area contributed by atoms with Gasteiger partial charge in [0, 0.05) is 23.9 Å². The Labute approximate surface area is 150 Å². The van der Waals surface area contributed by atoms with Crippen molar-refractivity contribution in [2.45, 2.75) is 32.7 Å². The standard InChI is InChI=1S/C19H19FN4O2/c1-11-8-16(26-15-5-3-4-14(20)9-15)23-18-17(21-10-24(11)18)19(25)22-12(2)13-6-7-13/h3-5,8-10,12-13H,6-7H2,1-2H3,(H,22,25). The average Bonchev–Trinajstić information content (AvgIpc) is 3.35. The molecule has 1 saturated carbocycles. The number of imidazole rings is 1. The van der Waals surface area contributed by atoms with Crippen LogP contribution in [0.1, 0.15) is 35.9 Å². The Morgan fingerprint density at radius 1 is 1.38 bits per heavy atom. The van der Waals surface area contributed by atoms with Gasteiger partial charge in [-0.25, -0.2) is 9.37 Å². The van der Waals surface area contributed by atoms with Gasteiger partial charge in [0.1, 0.15) is 17.9 Å². The number of carbonyl (C=O) groups excluding carboxylic acids is 1. The molecule has 0 bridgehead atoms. The van der Waals surface area contributed by atoms with Gasteiger partial charge in [-0.3, -0.25) is 9.20 Å². The minimum absolute atomic E-state index is 0.118. The third-order valence-electron chi connectivity index (χ3n) is 4.59. The molecule has 1 aliphatic rings. The number of hydrogen-bond donors (Lipinski definition) is 1. The number of ether oxygens (including phenoxy) is 1. The van der Waals surface area contributed by atoms with Gasteiger partial charge in [-0.05, 0) is 44.7 Å². The first-order valence-electron chi connectivity index (χ1n) is 8.60. The first kappa shape index (κ1) is 16.5. The monoisotopic (exact) mass is 354 g/mol. The van der Waals surface area contributed by atoms with Crippen molar-refractivity contribution < 1.29 is 13.9 Å². The van der Waals surface area contributed by atoms with Crippen LogP contribution in [0.5, 0.6) is 11.6 Å². The van der Waals surface area contributed by atoms with Crippen LogP contribution in [0.15, 0.2) is 36.7 Å². The van der Waals surface area contributed by atoms with Gasteiger partial charge in [0.25, 0.3) is 5.91 Å². The van der Waals surface area contributed by atoms with Gasteiger partial charge in [0.05, 0.1) is 0 Å². The molecule has 0 spiro atoms. The summed E-state index contributed by atoms with van der Waals surface area (Å²) in [7, 11) is 0. The molecule has 7 heteroatoms. The fraction of sp³-hybridized carbons (Fsp3) is 0.316. The van der Waals surface area contributed by atoms with Crippen LogP contribution in [0.25, 0.3) is 5.65 Å². The summed E-state index contributed by atoms with van der Waals surface area (Å²) in [4.78, 5) is 21.2. The highest BCUT2D eigenvalue weighted by Crippen LogP contribution is 2.32. The first-order chi connectivity index (χ1) is 12.5. The van der Waals surface area contributed by atoms with E-state index in [-0.39, 0.29) is 23.5 Å². The summed E-state index contributed by atoms with van der Waals surface area (Å²) in [5.74, 6) is 0.536. The van der Waals surface area contributed by atoms with E-state index in [1.54, 1.807) is 28.9 Å². The average molecular weight is 354 g/mol. The quantitative estimate of drug-likeness (QED) is 0.761. The molecule has 1 N–H and O–H groups in total. The zero-order valence-electron chi connectivity index (χ0n) is 14.6. The lowest BCUT2D eigenvalue weighted by molar-refractivity contribution is 0.0933. The summed E-state index contributed by atoms with van der Waals surface area (Å²) < 4.78 is 20.7. The van der Waals surface area contributed by atoms with E-state index in [0.717, 1.165) is 18.5 Å². The highest BCUT2D eigenvalue weighted by atomic mass is 19.1. The number of nitrogens with zero attached hydrogens (tertiary/aromatic N) is 3. The van der Waals surface area contributed by atoms with Crippen molar-refractivity contribution in [1.82, 2.24) is 19.7 Å². The molecule has 0 saturated heterocycles. The lowest BCUT2D eigenvalue weighted by Crippen LogP contribution is -2.34. The Morgan fingerprint density at radius 2 is 2.19 bits per heavy atom. The predicted octanol–water partition coefficient (Wildman–Crippen LogP) is 3.50. The van der Waals surface area contributed by atoms with E-state index in [1.807, 2.05) is 13.8 Å². The Balaban J connectivity index is 1.65. The fourth-order valence-electron chi connectivity index (χ4n) is 2.94. The number of benzene rings is 1. The number of fused-ring (bicyclic) bond motifs is 1. The topological polar surface area (TPSA) is 68.5 Å². The van der Waals surface area contributed by atoms with Gasteiger partial charge in [0.15, 0.2) is 11.3 Å². The molecule has 0 radical (unpaired) electrons. The second-order valence-electron chi connectivity index (χ2n) is 6.68. The van der Waals surface area contributed by atoms with Gasteiger partial charge < -0.3 is 10.1 Å². The van der Waals surface area contributed by atoms with E-state index in [9.17, 15) is 9.18 Å². The SMILES string of the molecule is Cc1cc(Oc2cccc(F)c2)nc2c(C(=O)NC(C)C3CC3)ncn12. The molecule has 134 valence electrons. The first-order valence-corrected chi connectivity index (χ1v) is 8.60. The summed E-state index contributed by atoms with van der Waals surface area (Å²) in [6, 6.07) is 7.66. The largest absolute Gasteiger partial charge is 0.439 e. The Hall–Kier alpha value is -2.96. The molecule has 26 heavy (non-hydrogen) atoms. The van der Waals surface area contributed by atoms with E-state index in [1.165, 1.54) is 12.1 Å². The summed E-state index contributed by atoms with van der Waals surface area (Å²) in [6.07, 6.45) is 3.86. The van der Waals surface area contributed by atoms with E-state index in [2.05, 4.69) is 15.3 Å². The van der Waals surface area contributed by atoms with E-state index in [0.29, 0.717) is 17.3 Å². The second-order valence-corrected chi connectivity index (χ2v) is 6.68. The van der Waals surface area contributed by atoms with Crippen molar-refractivity contribution in [3.63, 3.8) is 0 Å². The molecule has 1 atom stereocenters. The van der Waals surface area contributed by atoms with Crippen molar-refractivity contribution in [3.8, 4) is 11.6 Å². The molecule has 6 nitrogen and oxygen atoms in total. The van der Waals surface area contributed by atoms with Gasteiger partial charge in [-0.15, -0.1) is 0 Å². The minimum atomic E-state index is -0.390. The Morgan fingerprint density at radius 3 is 2.92 bits per heavy atom. The van der Waals surface area contributed by atoms with E-state index < -0.39 is 5.82 Å². The van der Waals surface area contributed by atoms with Crippen molar-refractivity contribution in [2.24, 2.45) is 5.92 Å². The third-order valence-corrected chi connectivity index (χ3v) is 4.59. The number of aryl methyl sites for hydroxylation is 1. The third kappa shape index (κ3) is 3.24. The summed E-state index contributed by atoms with van der Waals surface area (Å²) in [6.45, 7) is 3.87. The summed E-state index contributed by atoms with van der Waals surface area (Å²) >= 11 is 0. The molecule has 1 aliphatic carbocycles. The zero-order chi connectivity index (χ0) is 18.3. The highest BCUT2D eigenvalue weighted by Gasteiger charge is 2.30. The number of nitrogens with one attached hydrogen (secondary N) is 1. The van der Waals surface area contributed by atoms with Gasteiger partial charge >= 0.3 is 0 Å². The summed E-state index contributed by atoms with van der Waals surface area (Å²) in [5.41, 5.74) is 1.48. The van der Waals surface area contributed by atoms with Crippen LogP contribution in [0, 0.1) is 18.7 Å². The highest BCUT2D eigenvalue weighted by molar-refractivity contribution is 5.98. The van der Waals surface area contributed by atoms with Crippen LogP contribution in [-0.2, 0) is 0 Å². The maximum Gasteiger partial charge on any atom is 0.274 e. The number of halogens is 1. The molecule has 0 aliphatic heterocycles. The van der Waals surface area contributed by atoms with Crippen LogP contribution in [0.2, 0.25) is 0 Å². The van der Waals surface area contributed by atoms with Crippen LogP contribution in [-0.4, -0.2) is 26.3 Å². The van der Waals surface area contributed by atoms with Crippen LogP contribution >= 0.6 is 0 Å².